The molecule has 0 amide bonds. The number of ether oxygens (including phenoxy) is 1. The van der Waals surface area contributed by atoms with E-state index in [1.54, 1.807) is 0 Å². The van der Waals surface area contributed by atoms with Crippen molar-refractivity contribution >= 4 is 5.97 Å². The van der Waals surface area contributed by atoms with E-state index in [2.05, 4.69) is 9.85 Å². The summed E-state index contributed by atoms with van der Waals surface area (Å²) in [6.45, 7) is 1.51. The second-order valence-corrected chi connectivity index (χ2v) is 1.84. The fourth-order valence-electron chi connectivity index (χ4n) is 0.486. The van der Waals surface area contributed by atoms with Crippen molar-refractivity contribution in [2.75, 3.05) is 6.61 Å². The molecule has 0 N–H and O–H groups in total. The van der Waals surface area contributed by atoms with Crippen LogP contribution in [0.4, 0.5) is 8.78 Å². The van der Waals surface area contributed by atoms with E-state index in [4.69, 9.17) is 5.53 Å². The van der Waals surface area contributed by atoms with Crippen LogP contribution >= 0.6 is 0 Å². The molecular weight excluding hydrogens is 172 g/mol. The number of carbonyl (C=O) groups excluding carboxylic acids is 1. The Labute approximate surface area is 66.9 Å². The van der Waals surface area contributed by atoms with Crippen LogP contribution in [-0.4, -0.2) is 18.6 Å². The fraction of sp³-hybridized carbons (Fsp3) is 0.800. The fourth-order valence-corrected chi connectivity index (χ4v) is 0.486. The van der Waals surface area contributed by atoms with Gasteiger partial charge in [-0.25, -0.2) is 0 Å². The first-order valence-corrected chi connectivity index (χ1v) is 3.11. The van der Waals surface area contributed by atoms with Crippen LogP contribution in [0, 0.1) is 0 Å². The third-order valence-electron chi connectivity index (χ3n) is 0.853. The summed E-state index contributed by atoms with van der Waals surface area (Å²) < 4.78 is 28.8. The maximum absolute atomic E-state index is 12.3. The van der Waals surface area contributed by atoms with Crippen LogP contribution in [0.1, 0.15) is 13.3 Å². The van der Waals surface area contributed by atoms with E-state index in [1.165, 1.54) is 6.92 Å². The van der Waals surface area contributed by atoms with Gasteiger partial charge < -0.3 is 4.74 Å². The van der Waals surface area contributed by atoms with Gasteiger partial charge in [0.1, 0.15) is 6.42 Å². The molecule has 0 aliphatic heterocycles. The Kier molecular flexibility index (Phi) is 3.99. The Morgan fingerprint density at radius 2 is 2.33 bits per heavy atom. The van der Waals surface area contributed by atoms with Gasteiger partial charge in [-0.1, -0.05) is 0 Å². The number of rotatable bonds is 4. The lowest BCUT2D eigenvalue weighted by atomic mass is 10.4. The van der Waals surface area contributed by atoms with Crippen molar-refractivity contribution in [1.29, 1.82) is 0 Å². The standard InChI is InChI=1S/C5H7F2N3O2/c1-2-12-4(11)3-5(6,7)9-10-8/h2-3H2,1H3. The van der Waals surface area contributed by atoms with E-state index in [0.29, 0.717) is 0 Å². The van der Waals surface area contributed by atoms with Crippen LogP contribution in [-0.2, 0) is 9.53 Å². The van der Waals surface area contributed by atoms with Crippen LogP contribution in [0.3, 0.4) is 0 Å². The van der Waals surface area contributed by atoms with Crippen molar-refractivity contribution in [1.82, 2.24) is 0 Å². The molecule has 7 heteroatoms. The zero-order chi connectivity index (χ0) is 9.61. The predicted molar refractivity (Wildman–Crippen MR) is 35.3 cm³/mol. The summed E-state index contributed by atoms with van der Waals surface area (Å²) in [5, 5.41) is 2.13. The lowest BCUT2D eigenvalue weighted by Crippen LogP contribution is -2.19. The molecule has 68 valence electrons. The average molecular weight is 179 g/mol. The minimum atomic E-state index is -3.69. The smallest absolute Gasteiger partial charge is 0.336 e. The molecule has 0 radical (unpaired) electrons. The summed E-state index contributed by atoms with van der Waals surface area (Å²) in [6, 6.07) is -3.69. The van der Waals surface area contributed by atoms with Crippen molar-refractivity contribution in [2.45, 2.75) is 19.4 Å². The highest BCUT2D eigenvalue weighted by Crippen LogP contribution is 2.20. The minimum absolute atomic E-state index is 0.0190. The van der Waals surface area contributed by atoms with Crippen molar-refractivity contribution in [3.05, 3.63) is 10.4 Å². The molecule has 0 spiro atoms. The zero-order valence-corrected chi connectivity index (χ0v) is 6.33. The maximum atomic E-state index is 12.3. The van der Waals surface area contributed by atoms with Gasteiger partial charge in [0.15, 0.2) is 0 Å². The molecule has 0 aromatic rings. The summed E-state index contributed by atoms with van der Waals surface area (Å²) in [5.41, 5.74) is 7.67. The molecule has 0 atom stereocenters. The van der Waals surface area contributed by atoms with Gasteiger partial charge >= 0.3 is 12.0 Å². The molecule has 0 fully saturated rings. The van der Waals surface area contributed by atoms with Crippen molar-refractivity contribution in [3.8, 4) is 0 Å². The number of hydrogen-bond donors (Lipinski definition) is 0. The van der Waals surface area contributed by atoms with E-state index in [0.717, 1.165) is 0 Å². The lowest BCUT2D eigenvalue weighted by Gasteiger charge is -2.07. The first-order chi connectivity index (χ1) is 5.52. The molecule has 0 unspecified atom stereocenters. The molecule has 0 bridgehead atoms. The van der Waals surface area contributed by atoms with E-state index < -0.39 is 18.4 Å². The molecule has 0 rings (SSSR count). The van der Waals surface area contributed by atoms with Gasteiger partial charge in [-0.05, 0) is 17.6 Å². The molecule has 0 heterocycles. The molecule has 0 aromatic carbocycles. The molecule has 12 heavy (non-hydrogen) atoms. The molecule has 0 saturated carbocycles. The molecule has 0 aliphatic carbocycles. The van der Waals surface area contributed by atoms with Gasteiger partial charge in [-0.15, -0.1) is 0 Å². The Balaban J connectivity index is 4.05. The van der Waals surface area contributed by atoms with Crippen molar-refractivity contribution in [2.24, 2.45) is 5.11 Å². The Hall–Kier alpha value is -1.36. The molecule has 5 nitrogen and oxygen atoms in total. The highest BCUT2D eigenvalue weighted by molar-refractivity contribution is 5.70. The van der Waals surface area contributed by atoms with Gasteiger partial charge in [-0.2, -0.15) is 8.78 Å². The van der Waals surface area contributed by atoms with E-state index >= 15 is 0 Å². The normalized spacial score (nSPS) is 10.2. The first-order valence-electron chi connectivity index (χ1n) is 3.11. The summed E-state index contributed by atoms with van der Waals surface area (Å²) in [6.07, 6.45) is -1.22. The monoisotopic (exact) mass is 179 g/mol. The number of esters is 1. The second-order valence-electron chi connectivity index (χ2n) is 1.84. The molecular formula is C5H7F2N3O2. The number of azide groups is 1. The molecule has 0 saturated heterocycles. The first kappa shape index (κ1) is 10.6. The van der Waals surface area contributed by atoms with Gasteiger partial charge in [0.2, 0.25) is 0 Å². The van der Waals surface area contributed by atoms with Gasteiger partial charge in [-0.3, -0.25) is 4.79 Å². The van der Waals surface area contributed by atoms with Crippen LogP contribution in [0.2, 0.25) is 0 Å². The van der Waals surface area contributed by atoms with Crippen LogP contribution in [0.15, 0.2) is 5.11 Å². The number of alkyl halides is 2. The highest BCUT2D eigenvalue weighted by atomic mass is 19.3. The van der Waals surface area contributed by atoms with Crippen molar-refractivity contribution in [3.63, 3.8) is 0 Å². The predicted octanol–water partition coefficient (Wildman–Crippen LogP) is 1.84. The van der Waals surface area contributed by atoms with Gasteiger partial charge in [0, 0.05) is 4.91 Å². The Morgan fingerprint density at radius 1 is 1.75 bits per heavy atom. The Morgan fingerprint density at radius 3 is 2.75 bits per heavy atom. The number of nitrogens with zero attached hydrogens (tertiary/aromatic N) is 3. The average Bonchev–Trinajstić information content (AvgIpc) is 1.85. The SMILES string of the molecule is CCOC(=O)CC(F)(F)N=[N+]=[N-]. The maximum Gasteiger partial charge on any atom is 0.336 e. The number of carbonyl (C=O) groups is 1. The summed E-state index contributed by atoms with van der Waals surface area (Å²) >= 11 is 0. The largest absolute Gasteiger partial charge is 0.466 e. The quantitative estimate of drug-likeness (QED) is 0.217. The topological polar surface area (TPSA) is 75.1 Å². The van der Waals surface area contributed by atoms with Gasteiger partial charge in [0.25, 0.3) is 0 Å². The number of halogens is 2. The van der Waals surface area contributed by atoms with E-state index in [-0.39, 0.29) is 6.61 Å². The van der Waals surface area contributed by atoms with Crippen LogP contribution < -0.4 is 0 Å². The van der Waals surface area contributed by atoms with Gasteiger partial charge in [0.05, 0.1) is 6.61 Å². The number of hydrogen-bond acceptors (Lipinski definition) is 3. The third kappa shape index (κ3) is 4.45. The lowest BCUT2D eigenvalue weighted by molar-refractivity contribution is -0.150. The molecule has 0 aliphatic rings. The van der Waals surface area contributed by atoms with Crippen LogP contribution in [0.25, 0.3) is 10.4 Å². The van der Waals surface area contributed by atoms with E-state index in [1.807, 2.05) is 4.91 Å². The van der Waals surface area contributed by atoms with Crippen molar-refractivity contribution < 1.29 is 18.3 Å². The Bertz CT molecular complexity index is 213. The van der Waals surface area contributed by atoms with Crippen LogP contribution in [0.5, 0.6) is 0 Å². The second kappa shape index (κ2) is 4.50. The zero-order valence-electron chi connectivity index (χ0n) is 6.33. The summed E-state index contributed by atoms with van der Waals surface area (Å²) in [4.78, 5) is 12.3. The molecule has 0 aromatic heterocycles. The highest BCUT2D eigenvalue weighted by Gasteiger charge is 2.31. The summed E-state index contributed by atoms with van der Waals surface area (Å²) in [7, 11) is 0. The minimum Gasteiger partial charge on any atom is -0.466 e. The third-order valence-corrected chi connectivity index (χ3v) is 0.853. The summed E-state index contributed by atoms with van der Waals surface area (Å²) in [5.74, 6) is -1.09. The van der Waals surface area contributed by atoms with E-state index in [9.17, 15) is 13.6 Å².